The van der Waals surface area contributed by atoms with Crippen LogP contribution in [0.1, 0.15) is 24.5 Å². The summed E-state index contributed by atoms with van der Waals surface area (Å²) in [6, 6.07) is 0. The Morgan fingerprint density at radius 3 is 3.00 bits per heavy atom. The van der Waals surface area contributed by atoms with E-state index in [1.54, 1.807) is 12.4 Å². The van der Waals surface area contributed by atoms with E-state index in [1.165, 1.54) is 12.8 Å². The van der Waals surface area contributed by atoms with Gasteiger partial charge in [0.1, 0.15) is 5.82 Å². The second kappa shape index (κ2) is 4.37. The molecule has 14 heavy (non-hydrogen) atoms. The predicted octanol–water partition coefficient (Wildman–Crippen LogP) is 0.985. The number of nitrogens with one attached hydrogen (secondary N) is 2. The fraction of sp³-hybridized carbons (Fsp3) is 0.600. The zero-order valence-electron chi connectivity index (χ0n) is 8.45. The van der Waals surface area contributed by atoms with E-state index in [2.05, 4.69) is 20.6 Å². The van der Waals surface area contributed by atoms with Crippen molar-refractivity contribution in [2.75, 3.05) is 25.5 Å². The van der Waals surface area contributed by atoms with Crippen LogP contribution in [0.2, 0.25) is 0 Å². The van der Waals surface area contributed by atoms with Crippen LogP contribution in [0.15, 0.2) is 12.4 Å². The topological polar surface area (TPSA) is 49.8 Å². The SMILES string of the molecule is CNc1nccnc1[C@@H]1CCCNC1. The van der Waals surface area contributed by atoms with Crippen LogP contribution in [0.5, 0.6) is 0 Å². The lowest BCUT2D eigenvalue weighted by molar-refractivity contribution is 0.454. The van der Waals surface area contributed by atoms with Crippen molar-refractivity contribution in [3.63, 3.8) is 0 Å². The van der Waals surface area contributed by atoms with Gasteiger partial charge in [0.15, 0.2) is 0 Å². The molecule has 2 rings (SSSR count). The fourth-order valence-corrected chi connectivity index (χ4v) is 1.93. The molecule has 2 heterocycles. The minimum absolute atomic E-state index is 0.514. The lowest BCUT2D eigenvalue weighted by Crippen LogP contribution is -2.29. The Morgan fingerprint density at radius 2 is 2.29 bits per heavy atom. The maximum atomic E-state index is 4.41. The van der Waals surface area contributed by atoms with Crippen molar-refractivity contribution in [2.24, 2.45) is 0 Å². The average Bonchev–Trinajstić information content (AvgIpc) is 2.30. The maximum Gasteiger partial charge on any atom is 0.147 e. The smallest absolute Gasteiger partial charge is 0.147 e. The lowest BCUT2D eigenvalue weighted by Gasteiger charge is -2.23. The largest absolute Gasteiger partial charge is 0.372 e. The summed E-state index contributed by atoms with van der Waals surface area (Å²) in [6.07, 6.45) is 5.93. The first-order valence-electron chi connectivity index (χ1n) is 5.11. The molecule has 1 atom stereocenters. The molecule has 0 amide bonds. The third kappa shape index (κ3) is 1.85. The second-order valence-electron chi connectivity index (χ2n) is 3.58. The van der Waals surface area contributed by atoms with Gasteiger partial charge >= 0.3 is 0 Å². The molecule has 0 aromatic carbocycles. The van der Waals surface area contributed by atoms with Crippen molar-refractivity contribution in [2.45, 2.75) is 18.8 Å². The molecule has 2 N–H and O–H groups in total. The van der Waals surface area contributed by atoms with Crippen LogP contribution in [-0.4, -0.2) is 30.1 Å². The Morgan fingerprint density at radius 1 is 1.43 bits per heavy atom. The van der Waals surface area contributed by atoms with Gasteiger partial charge in [0.2, 0.25) is 0 Å². The molecule has 0 aliphatic carbocycles. The maximum absolute atomic E-state index is 4.41. The molecule has 0 spiro atoms. The molecule has 0 saturated carbocycles. The van der Waals surface area contributed by atoms with E-state index in [0.717, 1.165) is 24.6 Å². The number of nitrogens with zero attached hydrogens (tertiary/aromatic N) is 2. The van der Waals surface area contributed by atoms with Crippen molar-refractivity contribution >= 4 is 5.82 Å². The van der Waals surface area contributed by atoms with E-state index >= 15 is 0 Å². The molecule has 0 radical (unpaired) electrons. The highest BCUT2D eigenvalue weighted by Crippen LogP contribution is 2.25. The molecule has 4 heteroatoms. The fourth-order valence-electron chi connectivity index (χ4n) is 1.93. The van der Waals surface area contributed by atoms with Gasteiger partial charge in [-0.05, 0) is 19.4 Å². The summed E-state index contributed by atoms with van der Waals surface area (Å²) < 4.78 is 0. The third-order valence-electron chi connectivity index (χ3n) is 2.65. The number of anilines is 1. The molecule has 1 aromatic heterocycles. The van der Waals surface area contributed by atoms with Gasteiger partial charge in [0, 0.05) is 31.9 Å². The van der Waals surface area contributed by atoms with Crippen LogP contribution in [0, 0.1) is 0 Å². The van der Waals surface area contributed by atoms with E-state index in [0.29, 0.717) is 5.92 Å². The molecular formula is C10H16N4. The lowest BCUT2D eigenvalue weighted by atomic mass is 9.96. The molecular weight excluding hydrogens is 176 g/mol. The van der Waals surface area contributed by atoms with Crippen LogP contribution < -0.4 is 10.6 Å². The monoisotopic (exact) mass is 192 g/mol. The minimum atomic E-state index is 0.514. The van der Waals surface area contributed by atoms with Crippen LogP contribution in [0.3, 0.4) is 0 Å². The van der Waals surface area contributed by atoms with Crippen molar-refractivity contribution in [3.05, 3.63) is 18.1 Å². The summed E-state index contributed by atoms with van der Waals surface area (Å²) in [6.45, 7) is 2.15. The Labute approximate surface area is 84.2 Å². The van der Waals surface area contributed by atoms with Gasteiger partial charge in [0.05, 0.1) is 5.69 Å². The van der Waals surface area contributed by atoms with Gasteiger partial charge in [-0.25, -0.2) is 4.98 Å². The average molecular weight is 192 g/mol. The van der Waals surface area contributed by atoms with E-state index in [4.69, 9.17) is 0 Å². The summed E-state index contributed by atoms with van der Waals surface area (Å²) in [5.41, 5.74) is 1.10. The van der Waals surface area contributed by atoms with Crippen LogP contribution in [0.4, 0.5) is 5.82 Å². The highest BCUT2D eigenvalue weighted by atomic mass is 15.0. The molecule has 0 unspecified atom stereocenters. The first-order chi connectivity index (χ1) is 6.92. The highest BCUT2D eigenvalue weighted by molar-refractivity contribution is 5.41. The molecule has 1 saturated heterocycles. The number of rotatable bonds is 2. The van der Waals surface area contributed by atoms with Gasteiger partial charge in [0.25, 0.3) is 0 Å². The summed E-state index contributed by atoms with van der Waals surface area (Å²) in [4.78, 5) is 8.68. The van der Waals surface area contributed by atoms with Crippen LogP contribution >= 0.6 is 0 Å². The summed E-state index contributed by atoms with van der Waals surface area (Å²) in [7, 11) is 1.89. The summed E-state index contributed by atoms with van der Waals surface area (Å²) >= 11 is 0. The molecule has 1 aromatic rings. The minimum Gasteiger partial charge on any atom is -0.372 e. The molecule has 1 fully saturated rings. The Bertz CT molecular complexity index is 294. The van der Waals surface area contributed by atoms with Crippen molar-refractivity contribution in [3.8, 4) is 0 Å². The van der Waals surface area contributed by atoms with E-state index < -0.39 is 0 Å². The molecule has 4 nitrogen and oxygen atoms in total. The van der Waals surface area contributed by atoms with Gasteiger partial charge < -0.3 is 10.6 Å². The van der Waals surface area contributed by atoms with Crippen molar-refractivity contribution in [1.82, 2.24) is 15.3 Å². The van der Waals surface area contributed by atoms with Gasteiger partial charge in [-0.1, -0.05) is 0 Å². The Kier molecular flexibility index (Phi) is 2.93. The number of piperidine rings is 1. The van der Waals surface area contributed by atoms with E-state index in [1.807, 2.05) is 7.05 Å². The second-order valence-corrected chi connectivity index (χ2v) is 3.58. The van der Waals surface area contributed by atoms with Gasteiger partial charge in [-0.15, -0.1) is 0 Å². The zero-order valence-corrected chi connectivity index (χ0v) is 8.45. The standard InChI is InChI=1S/C10H16N4/c1-11-10-9(13-5-6-14-10)8-3-2-4-12-7-8/h5-6,8,12H,2-4,7H2,1H3,(H,11,14)/t8-/m1/s1. The number of hydrogen-bond donors (Lipinski definition) is 2. The van der Waals surface area contributed by atoms with Crippen molar-refractivity contribution in [1.29, 1.82) is 0 Å². The molecule has 76 valence electrons. The normalized spacial score (nSPS) is 21.9. The first-order valence-corrected chi connectivity index (χ1v) is 5.11. The van der Waals surface area contributed by atoms with Crippen LogP contribution in [-0.2, 0) is 0 Å². The Balaban J connectivity index is 2.20. The number of aromatic nitrogens is 2. The van der Waals surface area contributed by atoms with Crippen molar-refractivity contribution < 1.29 is 0 Å². The van der Waals surface area contributed by atoms with E-state index in [9.17, 15) is 0 Å². The quantitative estimate of drug-likeness (QED) is 0.733. The molecule has 0 bridgehead atoms. The zero-order chi connectivity index (χ0) is 9.80. The van der Waals surface area contributed by atoms with Gasteiger partial charge in [-0.3, -0.25) is 4.98 Å². The highest BCUT2D eigenvalue weighted by Gasteiger charge is 2.19. The molecule has 1 aliphatic heterocycles. The molecule has 1 aliphatic rings. The summed E-state index contributed by atoms with van der Waals surface area (Å²) in [5.74, 6) is 1.43. The van der Waals surface area contributed by atoms with Gasteiger partial charge in [-0.2, -0.15) is 0 Å². The predicted molar refractivity (Wildman–Crippen MR) is 56.4 cm³/mol. The van der Waals surface area contributed by atoms with Crippen LogP contribution in [0.25, 0.3) is 0 Å². The van der Waals surface area contributed by atoms with E-state index in [-0.39, 0.29) is 0 Å². The third-order valence-corrected chi connectivity index (χ3v) is 2.65. The Hall–Kier alpha value is -1.16. The first kappa shape index (κ1) is 9.40. The summed E-state index contributed by atoms with van der Waals surface area (Å²) in [5, 5.41) is 6.48. The number of hydrogen-bond acceptors (Lipinski definition) is 4.